The van der Waals surface area contributed by atoms with Crippen molar-refractivity contribution in [1.82, 2.24) is 0 Å². The van der Waals surface area contributed by atoms with Crippen LogP contribution < -0.4 is 0 Å². The lowest BCUT2D eigenvalue weighted by atomic mass is 10.0. The molecule has 68 heavy (non-hydrogen) atoms. The van der Waals surface area contributed by atoms with E-state index in [1.54, 1.807) is 0 Å². The maximum Gasteiger partial charge on any atom is 0.306 e. The molecular formula is C62H116O6. The van der Waals surface area contributed by atoms with Gasteiger partial charge in [0.2, 0.25) is 0 Å². The fraction of sp³-hybridized carbons (Fsp3) is 0.887. The molecule has 6 nitrogen and oxygen atoms in total. The third-order valence-corrected chi connectivity index (χ3v) is 13.7. The number of hydrogen-bond donors (Lipinski definition) is 0. The van der Waals surface area contributed by atoms with Gasteiger partial charge in [-0.05, 0) is 70.6 Å². The Kier molecular flexibility index (Phi) is 55.7. The third-order valence-electron chi connectivity index (χ3n) is 13.7. The molecule has 1 atom stereocenters. The molecule has 0 aliphatic carbocycles. The normalized spacial score (nSPS) is 12.1. The number of esters is 3. The molecule has 0 radical (unpaired) electrons. The molecule has 0 aliphatic heterocycles. The summed E-state index contributed by atoms with van der Waals surface area (Å²) in [4.78, 5) is 38.2. The number of carbonyl (C=O) groups is 3. The van der Waals surface area contributed by atoms with Crippen LogP contribution in [0.15, 0.2) is 24.3 Å². The molecule has 0 saturated carbocycles. The van der Waals surface area contributed by atoms with Gasteiger partial charge in [0, 0.05) is 19.3 Å². The predicted octanol–water partition coefficient (Wildman–Crippen LogP) is 20.3. The summed E-state index contributed by atoms with van der Waals surface area (Å²) in [7, 11) is 0. The van der Waals surface area contributed by atoms with Crippen LogP contribution in [-0.2, 0) is 28.6 Å². The summed E-state index contributed by atoms with van der Waals surface area (Å²) in [6, 6.07) is 0. The van der Waals surface area contributed by atoms with E-state index < -0.39 is 6.10 Å². The van der Waals surface area contributed by atoms with Crippen LogP contribution in [0.25, 0.3) is 0 Å². The summed E-state index contributed by atoms with van der Waals surface area (Å²) in [5.41, 5.74) is 0. The standard InChI is InChI=1S/C62H116O6/c1-4-7-10-13-16-19-22-25-28-30-31-33-34-37-40-43-46-49-52-55-61(64)67-58-59(57-66-60(63)54-51-48-45-42-39-36-27-24-21-18-15-12-9-6-3)68-62(65)56-53-50-47-44-41-38-35-32-29-26-23-20-17-14-11-8-5-2/h24-25,27-28,59H,4-23,26,29-58H2,1-3H3/b27-24-,28-25-. The zero-order valence-corrected chi connectivity index (χ0v) is 45.9. The van der Waals surface area contributed by atoms with Crippen molar-refractivity contribution in [2.75, 3.05) is 13.2 Å². The molecular weight excluding hydrogens is 841 g/mol. The van der Waals surface area contributed by atoms with Crippen molar-refractivity contribution in [3.63, 3.8) is 0 Å². The van der Waals surface area contributed by atoms with E-state index in [9.17, 15) is 14.4 Å². The Bertz CT molecular complexity index is 1100. The Morgan fingerprint density at radius 2 is 0.485 bits per heavy atom. The van der Waals surface area contributed by atoms with Crippen LogP contribution in [0.5, 0.6) is 0 Å². The molecule has 0 aromatic heterocycles. The average molecular weight is 958 g/mol. The minimum atomic E-state index is -0.772. The third kappa shape index (κ3) is 54.8. The van der Waals surface area contributed by atoms with E-state index in [1.165, 1.54) is 231 Å². The van der Waals surface area contributed by atoms with E-state index in [0.29, 0.717) is 19.3 Å². The monoisotopic (exact) mass is 957 g/mol. The summed E-state index contributed by atoms with van der Waals surface area (Å²) in [6.45, 7) is 6.67. The van der Waals surface area contributed by atoms with Crippen molar-refractivity contribution in [2.45, 2.75) is 341 Å². The minimum absolute atomic E-state index is 0.0703. The molecule has 0 fully saturated rings. The van der Waals surface area contributed by atoms with Crippen LogP contribution in [0.1, 0.15) is 335 Å². The SMILES string of the molecule is CCCCCCC/C=C\CCCCCCCC(=O)OCC(COC(=O)CCCCCCCCCCC/C=C\CCCCCCCC)OC(=O)CCCCCCCCCCCCCCCCCCC. The van der Waals surface area contributed by atoms with Gasteiger partial charge in [-0.25, -0.2) is 0 Å². The van der Waals surface area contributed by atoms with Gasteiger partial charge in [0.1, 0.15) is 13.2 Å². The van der Waals surface area contributed by atoms with E-state index in [1.807, 2.05) is 0 Å². The number of ether oxygens (including phenoxy) is 3. The van der Waals surface area contributed by atoms with E-state index in [2.05, 4.69) is 45.1 Å². The highest BCUT2D eigenvalue weighted by Crippen LogP contribution is 2.17. The van der Waals surface area contributed by atoms with Gasteiger partial charge in [-0.15, -0.1) is 0 Å². The molecule has 0 aromatic rings. The van der Waals surface area contributed by atoms with Crippen molar-refractivity contribution in [2.24, 2.45) is 0 Å². The van der Waals surface area contributed by atoms with Crippen molar-refractivity contribution < 1.29 is 28.6 Å². The second-order valence-electron chi connectivity index (χ2n) is 20.6. The Labute approximate surface area is 423 Å². The fourth-order valence-corrected chi connectivity index (χ4v) is 9.08. The lowest BCUT2D eigenvalue weighted by Crippen LogP contribution is -2.30. The summed E-state index contributed by atoms with van der Waals surface area (Å²) < 4.78 is 16.9. The van der Waals surface area contributed by atoms with Crippen molar-refractivity contribution in [3.8, 4) is 0 Å². The molecule has 0 spiro atoms. The first-order valence-electron chi connectivity index (χ1n) is 30.3. The first kappa shape index (κ1) is 65.9. The van der Waals surface area contributed by atoms with Crippen LogP contribution in [0.3, 0.4) is 0 Å². The smallest absolute Gasteiger partial charge is 0.306 e. The maximum atomic E-state index is 12.9. The maximum absolute atomic E-state index is 12.9. The minimum Gasteiger partial charge on any atom is -0.462 e. The summed E-state index contributed by atoms with van der Waals surface area (Å²) >= 11 is 0. The average Bonchev–Trinajstić information content (AvgIpc) is 3.34. The van der Waals surface area contributed by atoms with Gasteiger partial charge in [-0.2, -0.15) is 0 Å². The Hall–Kier alpha value is -2.11. The zero-order valence-electron chi connectivity index (χ0n) is 45.9. The Morgan fingerprint density at radius 3 is 0.735 bits per heavy atom. The number of carbonyl (C=O) groups excluding carboxylic acids is 3. The largest absolute Gasteiger partial charge is 0.462 e. The topological polar surface area (TPSA) is 78.9 Å². The number of allylic oxidation sites excluding steroid dienone is 4. The van der Waals surface area contributed by atoms with Gasteiger partial charge < -0.3 is 14.2 Å². The molecule has 0 amide bonds. The zero-order chi connectivity index (χ0) is 49.3. The summed E-state index contributed by atoms with van der Waals surface area (Å²) in [5, 5.41) is 0. The van der Waals surface area contributed by atoms with Gasteiger partial charge in [0.05, 0.1) is 0 Å². The molecule has 0 aromatic carbocycles. The van der Waals surface area contributed by atoms with E-state index in [0.717, 1.165) is 64.2 Å². The molecule has 0 aliphatic rings. The van der Waals surface area contributed by atoms with Gasteiger partial charge >= 0.3 is 17.9 Å². The van der Waals surface area contributed by atoms with Crippen LogP contribution >= 0.6 is 0 Å². The van der Waals surface area contributed by atoms with Crippen molar-refractivity contribution in [1.29, 1.82) is 0 Å². The van der Waals surface area contributed by atoms with E-state index in [4.69, 9.17) is 14.2 Å². The van der Waals surface area contributed by atoms with Crippen molar-refractivity contribution in [3.05, 3.63) is 24.3 Å². The molecule has 0 N–H and O–H groups in total. The number of rotatable bonds is 56. The highest BCUT2D eigenvalue weighted by Gasteiger charge is 2.19. The van der Waals surface area contributed by atoms with Gasteiger partial charge in [-0.3, -0.25) is 14.4 Å². The lowest BCUT2D eigenvalue weighted by molar-refractivity contribution is -0.167. The van der Waals surface area contributed by atoms with Crippen molar-refractivity contribution >= 4 is 17.9 Å². The number of hydrogen-bond acceptors (Lipinski definition) is 6. The molecule has 6 heteroatoms. The fourth-order valence-electron chi connectivity index (χ4n) is 9.08. The van der Waals surface area contributed by atoms with Crippen LogP contribution in [0.2, 0.25) is 0 Å². The molecule has 0 bridgehead atoms. The second-order valence-corrected chi connectivity index (χ2v) is 20.6. The number of unbranched alkanes of at least 4 members (excludes halogenated alkanes) is 41. The Morgan fingerprint density at radius 1 is 0.279 bits per heavy atom. The highest BCUT2D eigenvalue weighted by atomic mass is 16.6. The van der Waals surface area contributed by atoms with Crippen LogP contribution in [0.4, 0.5) is 0 Å². The lowest BCUT2D eigenvalue weighted by Gasteiger charge is -2.18. The summed E-state index contributed by atoms with van der Waals surface area (Å²) in [5.74, 6) is -0.858. The quantitative estimate of drug-likeness (QED) is 0.0262. The molecule has 0 heterocycles. The Balaban J connectivity index is 4.32. The molecule has 400 valence electrons. The summed E-state index contributed by atoms with van der Waals surface area (Å²) in [6.07, 6.45) is 67.4. The molecule has 1 unspecified atom stereocenters. The van der Waals surface area contributed by atoms with Crippen LogP contribution in [0, 0.1) is 0 Å². The first-order valence-corrected chi connectivity index (χ1v) is 30.3. The van der Waals surface area contributed by atoms with Gasteiger partial charge in [0.25, 0.3) is 0 Å². The predicted molar refractivity (Wildman–Crippen MR) is 293 cm³/mol. The molecule has 0 saturated heterocycles. The van der Waals surface area contributed by atoms with E-state index in [-0.39, 0.29) is 31.1 Å². The van der Waals surface area contributed by atoms with Crippen LogP contribution in [-0.4, -0.2) is 37.2 Å². The van der Waals surface area contributed by atoms with Gasteiger partial charge in [0.15, 0.2) is 6.10 Å². The first-order chi connectivity index (χ1) is 33.5. The molecule has 0 rings (SSSR count). The van der Waals surface area contributed by atoms with E-state index >= 15 is 0 Å². The second kappa shape index (κ2) is 57.5. The van der Waals surface area contributed by atoms with Gasteiger partial charge in [-0.1, -0.05) is 270 Å². The highest BCUT2D eigenvalue weighted by molar-refractivity contribution is 5.71.